The van der Waals surface area contributed by atoms with Gasteiger partial charge in [0.1, 0.15) is 6.29 Å². The monoisotopic (exact) mass is 194 g/mol. The summed E-state index contributed by atoms with van der Waals surface area (Å²) in [7, 11) is 0. The zero-order valence-corrected chi connectivity index (χ0v) is 8.10. The van der Waals surface area contributed by atoms with Crippen molar-refractivity contribution in [2.75, 3.05) is 0 Å². The maximum Gasteiger partial charge on any atom is 0.133 e. The first kappa shape index (κ1) is 11.9. The molecule has 0 aromatic carbocycles. The molecule has 56 valence electrons. The predicted octanol–water partition coefficient (Wildman–Crippen LogP) is 2.63. The lowest BCUT2D eigenvalue weighted by Gasteiger charge is -2.02. The zero-order chi connectivity index (χ0) is 7.86. The lowest BCUT2D eigenvalue weighted by Crippen LogP contribution is -2.06. The van der Waals surface area contributed by atoms with Crippen molar-refractivity contribution in [1.29, 1.82) is 0 Å². The van der Waals surface area contributed by atoms with Crippen molar-refractivity contribution in [3.63, 3.8) is 0 Å². The van der Waals surface area contributed by atoms with E-state index in [4.69, 9.17) is 0 Å². The first-order valence-corrected chi connectivity index (χ1v) is 4.19. The van der Waals surface area contributed by atoms with Crippen molar-refractivity contribution in [3.8, 4) is 0 Å². The van der Waals surface area contributed by atoms with Crippen LogP contribution in [-0.2, 0) is 4.79 Å². The summed E-state index contributed by atoms with van der Waals surface area (Å²) in [6.07, 6.45) is 0.907. The van der Waals surface area contributed by atoms with E-state index in [9.17, 15) is 4.79 Å². The Labute approximate surface area is 66.0 Å². The van der Waals surface area contributed by atoms with Crippen LogP contribution in [0.15, 0.2) is 0 Å². The van der Waals surface area contributed by atoms with Crippen LogP contribution in [0.5, 0.6) is 0 Å². The number of rotatable bonds is 2. The lowest BCUT2D eigenvalue weighted by molar-refractivity contribution is -0.107. The van der Waals surface area contributed by atoms with Crippen molar-refractivity contribution >= 4 is 22.2 Å². The second kappa shape index (κ2) is 8.15. The summed E-state index contributed by atoms with van der Waals surface area (Å²) in [5.74, 6) is 0.414. The van der Waals surface area contributed by atoms with Gasteiger partial charge < -0.3 is 4.79 Å². The van der Waals surface area contributed by atoms with Crippen LogP contribution >= 0.6 is 15.9 Å². The second-order valence-electron chi connectivity index (χ2n) is 1.82. The van der Waals surface area contributed by atoms with Gasteiger partial charge in [0.2, 0.25) is 0 Å². The molecule has 1 unspecified atom stereocenters. The van der Waals surface area contributed by atoms with Gasteiger partial charge in [0.15, 0.2) is 0 Å². The van der Waals surface area contributed by atoms with Gasteiger partial charge in [0.05, 0.1) is 4.83 Å². The number of alkyl halides is 1. The molecule has 0 rings (SSSR count). The summed E-state index contributed by atoms with van der Waals surface area (Å²) >= 11 is 3.17. The van der Waals surface area contributed by atoms with Crippen LogP contribution in [0.1, 0.15) is 27.7 Å². The van der Waals surface area contributed by atoms with Crippen molar-refractivity contribution in [3.05, 3.63) is 0 Å². The summed E-state index contributed by atoms with van der Waals surface area (Å²) in [4.78, 5) is 9.93. The molecule has 0 heterocycles. The fourth-order valence-corrected chi connectivity index (χ4v) is 0.157. The Balaban J connectivity index is 0. The van der Waals surface area contributed by atoms with Gasteiger partial charge in [-0.15, -0.1) is 0 Å². The van der Waals surface area contributed by atoms with E-state index in [0.717, 1.165) is 6.29 Å². The third kappa shape index (κ3) is 8.15. The van der Waals surface area contributed by atoms with Crippen LogP contribution in [0, 0.1) is 5.92 Å². The molecule has 1 nitrogen and oxygen atoms in total. The Hall–Kier alpha value is 0.150. The molecule has 2 heteroatoms. The Kier molecular flexibility index (Phi) is 10.8. The molecule has 0 saturated heterocycles. The van der Waals surface area contributed by atoms with Gasteiger partial charge in [0.25, 0.3) is 0 Å². The van der Waals surface area contributed by atoms with Gasteiger partial charge in [-0.05, 0) is 5.92 Å². The van der Waals surface area contributed by atoms with E-state index in [1.54, 1.807) is 0 Å². The summed E-state index contributed by atoms with van der Waals surface area (Å²) in [6.45, 7) is 7.99. The van der Waals surface area contributed by atoms with E-state index < -0.39 is 0 Å². The molecule has 0 amide bonds. The highest BCUT2D eigenvalue weighted by molar-refractivity contribution is 9.09. The van der Waals surface area contributed by atoms with Crippen molar-refractivity contribution in [2.24, 2.45) is 5.92 Å². The van der Waals surface area contributed by atoms with Crippen LogP contribution in [-0.4, -0.2) is 11.1 Å². The van der Waals surface area contributed by atoms with Crippen molar-refractivity contribution < 1.29 is 4.79 Å². The van der Waals surface area contributed by atoms with Crippen molar-refractivity contribution in [1.82, 2.24) is 0 Å². The molecular weight excluding hydrogens is 180 g/mol. The maximum absolute atomic E-state index is 9.90. The smallest absolute Gasteiger partial charge is 0.133 e. The lowest BCUT2D eigenvalue weighted by atomic mass is 10.2. The second-order valence-corrected chi connectivity index (χ2v) is 2.88. The minimum absolute atomic E-state index is 0.0347. The fraction of sp³-hybridized carbons (Fsp3) is 0.857. The van der Waals surface area contributed by atoms with E-state index in [-0.39, 0.29) is 4.83 Å². The number of carbonyl (C=O) groups is 1. The first-order valence-electron chi connectivity index (χ1n) is 3.28. The van der Waals surface area contributed by atoms with Crippen LogP contribution in [0.3, 0.4) is 0 Å². The Morgan fingerprint density at radius 1 is 1.33 bits per heavy atom. The largest absolute Gasteiger partial charge is 0.302 e. The van der Waals surface area contributed by atoms with Crippen LogP contribution in [0.4, 0.5) is 0 Å². The average molecular weight is 195 g/mol. The van der Waals surface area contributed by atoms with Crippen LogP contribution in [0.25, 0.3) is 0 Å². The van der Waals surface area contributed by atoms with Gasteiger partial charge in [0, 0.05) is 0 Å². The van der Waals surface area contributed by atoms with Gasteiger partial charge in [-0.1, -0.05) is 43.6 Å². The van der Waals surface area contributed by atoms with Crippen LogP contribution in [0.2, 0.25) is 0 Å². The molecule has 0 aliphatic carbocycles. The summed E-state index contributed by atoms with van der Waals surface area (Å²) in [6, 6.07) is 0. The van der Waals surface area contributed by atoms with E-state index in [0.29, 0.717) is 5.92 Å². The molecule has 0 aromatic rings. The van der Waals surface area contributed by atoms with Gasteiger partial charge >= 0.3 is 0 Å². The number of aldehydes is 1. The number of hydrogen-bond acceptors (Lipinski definition) is 1. The topological polar surface area (TPSA) is 17.1 Å². The normalized spacial score (nSPS) is 11.8. The summed E-state index contributed by atoms with van der Waals surface area (Å²) in [5, 5.41) is 0. The number of hydrogen-bond donors (Lipinski definition) is 0. The van der Waals surface area contributed by atoms with E-state index >= 15 is 0 Å². The highest BCUT2D eigenvalue weighted by atomic mass is 79.9. The molecule has 0 fully saturated rings. The molecule has 0 bridgehead atoms. The molecule has 0 spiro atoms. The molecule has 0 radical (unpaired) electrons. The number of halogens is 1. The van der Waals surface area contributed by atoms with E-state index in [2.05, 4.69) is 15.9 Å². The van der Waals surface area contributed by atoms with Crippen LogP contribution < -0.4 is 0 Å². The Morgan fingerprint density at radius 2 is 1.67 bits per heavy atom. The quantitative estimate of drug-likeness (QED) is 0.489. The fourth-order valence-electron chi connectivity index (χ4n) is 0.157. The summed E-state index contributed by atoms with van der Waals surface area (Å²) in [5.41, 5.74) is 0. The molecule has 1 atom stereocenters. The zero-order valence-electron chi connectivity index (χ0n) is 6.52. The minimum Gasteiger partial charge on any atom is -0.302 e. The van der Waals surface area contributed by atoms with Gasteiger partial charge in [-0.2, -0.15) is 0 Å². The Bertz CT molecular complexity index is 61.9. The van der Waals surface area contributed by atoms with E-state index in [1.165, 1.54) is 0 Å². The molecule has 0 aliphatic heterocycles. The number of carbonyl (C=O) groups excluding carboxylic acids is 1. The van der Waals surface area contributed by atoms with Crippen molar-refractivity contribution in [2.45, 2.75) is 32.5 Å². The third-order valence-corrected chi connectivity index (χ3v) is 2.04. The Morgan fingerprint density at radius 3 is 1.67 bits per heavy atom. The summed E-state index contributed by atoms with van der Waals surface area (Å²) < 4.78 is 0. The highest BCUT2D eigenvalue weighted by Crippen LogP contribution is 2.07. The predicted molar refractivity (Wildman–Crippen MR) is 45.0 cm³/mol. The molecule has 0 saturated carbocycles. The minimum atomic E-state index is 0.0347. The van der Waals surface area contributed by atoms with Gasteiger partial charge in [-0.3, -0.25) is 0 Å². The maximum atomic E-state index is 9.90. The molecule has 9 heavy (non-hydrogen) atoms. The molecule has 0 N–H and O–H groups in total. The molecular formula is C7H15BrO. The molecule has 0 aromatic heterocycles. The first-order chi connectivity index (χ1) is 4.18. The molecule has 0 aliphatic rings. The van der Waals surface area contributed by atoms with E-state index in [1.807, 2.05) is 27.7 Å². The van der Waals surface area contributed by atoms with Gasteiger partial charge in [-0.25, -0.2) is 0 Å². The standard InChI is InChI=1S/C5H9BrO.C2H6/c1-4(2)5(6)3-7;1-2/h3-5H,1-2H3;1-2H3. The third-order valence-electron chi connectivity index (χ3n) is 0.767. The SMILES string of the molecule is CC.CC(C)C(Br)C=O. The highest BCUT2D eigenvalue weighted by Gasteiger charge is 2.04. The average Bonchev–Trinajstić information content (AvgIpc) is 1.91.